The molecule has 0 saturated heterocycles. The number of rotatable bonds is 17. The fraction of sp³-hybridized carbons (Fsp3) is 0.682. The molecule has 0 bridgehead atoms. The third kappa shape index (κ3) is 17.4. The van der Waals surface area contributed by atoms with Crippen molar-refractivity contribution in [3.05, 3.63) is 36.5 Å². The number of Topliss-reactive ketones (excluding diaryl/α,β-unsaturated/α-hetero) is 1. The van der Waals surface area contributed by atoms with Gasteiger partial charge in [-0.15, -0.1) is 0 Å². The maximum Gasteiger partial charge on any atom is 0.162 e. The first kappa shape index (κ1) is 23.8. The van der Waals surface area contributed by atoms with Crippen molar-refractivity contribution in [2.24, 2.45) is 5.73 Å². The standard InChI is InChI=1S/C22H39NO2/c1-2-3-4-5-6-7-8-9-10-11-12-13-14-15-16-17-18-19-21(24)22(25)20-23/h9-10,12-13,15-16,22,25H,2-8,11,14,17-20,23H2,1H3. The molecule has 3 nitrogen and oxygen atoms in total. The van der Waals surface area contributed by atoms with Gasteiger partial charge >= 0.3 is 0 Å². The smallest absolute Gasteiger partial charge is 0.162 e. The number of aliphatic hydroxyl groups is 1. The minimum Gasteiger partial charge on any atom is -0.384 e. The molecule has 0 spiro atoms. The van der Waals surface area contributed by atoms with E-state index < -0.39 is 6.10 Å². The van der Waals surface area contributed by atoms with Crippen molar-refractivity contribution in [3.8, 4) is 0 Å². The molecule has 0 aliphatic rings. The van der Waals surface area contributed by atoms with Gasteiger partial charge < -0.3 is 10.8 Å². The summed E-state index contributed by atoms with van der Waals surface area (Å²) >= 11 is 0. The van der Waals surface area contributed by atoms with Gasteiger partial charge in [0.05, 0.1) is 0 Å². The van der Waals surface area contributed by atoms with Crippen molar-refractivity contribution >= 4 is 5.78 Å². The molecule has 25 heavy (non-hydrogen) atoms. The Hall–Kier alpha value is -1.19. The fourth-order valence-corrected chi connectivity index (χ4v) is 2.51. The molecule has 3 N–H and O–H groups in total. The van der Waals surface area contributed by atoms with E-state index in [9.17, 15) is 9.90 Å². The summed E-state index contributed by atoms with van der Waals surface area (Å²) in [5, 5.41) is 9.25. The Morgan fingerprint density at radius 2 is 1.36 bits per heavy atom. The van der Waals surface area contributed by atoms with Crippen LogP contribution in [-0.4, -0.2) is 23.5 Å². The highest BCUT2D eigenvalue weighted by atomic mass is 16.3. The Balaban J connectivity index is 3.42. The van der Waals surface area contributed by atoms with Crippen molar-refractivity contribution in [2.45, 2.75) is 90.1 Å². The van der Waals surface area contributed by atoms with E-state index in [4.69, 9.17) is 5.73 Å². The summed E-state index contributed by atoms with van der Waals surface area (Å²) in [4.78, 5) is 11.4. The lowest BCUT2D eigenvalue weighted by atomic mass is 10.1. The second-order valence-electron chi connectivity index (χ2n) is 6.55. The molecule has 0 heterocycles. The van der Waals surface area contributed by atoms with Crippen LogP contribution in [0, 0.1) is 0 Å². The van der Waals surface area contributed by atoms with Crippen molar-refractivity contribution in [3.63, 3.8) is 0 Å². The van der Waals surface area contributed by atoms with Crippen LogP contribution in [0.25, 0.3) is 0 Å². The minimum atomic E-state index is -0.985. The van der Waals surface area contributed by atoms with Crippen LogP contribution in [0.1, 0.15) is 84.0 Å². The molecule has 0 aliphatic carbocycles. The molecule has 0 aliphatic heterocycles. The number of ketones is 1. The van der Waals surface area contributed by atoms with Crippen LogP contribution in [0.2, 0.25) is 0 Å². The predicted octanol–water partition coefficient (Wildman–Crippen LogP) is 5.24. The highest BCUT2D eigenvalue weighted by Gasteiger charge is 2.11. The minimum absolute atomic E-state index is 0.0207. The van der Waals surface area contributed by atoms with Gasteiger partial charge in [0.2, 0.25) is 0 Å². The zero-order chi connectivity index (χ0) is 18.6. The third-order valence-electron chi connectivity index (χ3n) is 4.16. The predicted molar refractivity (Wildman–Crippen MR) is 109 cm³/mol. The van der Waals surface area contributed by atoms with Gasteiger partial charge in [-0.2, -0.15) is 0 Å². The summed E-state index contributed by atoms with van der Waals surface area (Å²) in [6, 6.07) is 0. The van der Waals surface area contributed by atoms with E-state index in [2.05, 4.69) is 43.4 Å². The van der Waals surface area contributed by atoms with Gasteiger partial charge in [0.25, 0.3) is 0 Å². The average Bonchev–Trinajstić information content (AvgIpc) is 2.63. The highest BCUT2D eigenvalue weighted by molar-refractivity contribution is 5.82. The number of unbranched alkanes of at least 4 members (excludes halogenated alkanes) is 7. The number of hydrogen-bond donors (Lipinski definition) is 2. The largest absolute Gasteiger partial charge is 0.384 e. The number of nitrogens with two attached hydrogens (primary N) is 1. The normalized spacial score (nSPS) is 13.4. The zero-order valence-corrected chi connectivity index (χ0v) is 16.2. The van der Waals surface area contributed by atoms with Crippen LogP contribution in [0.3, 0.4) is 0 Å². The number of aliphatic hydroxyl groups excluding tert-OH is 1. The Kier molecular flexibility index (Phi) is 18.2. The van der Waals surface area contributed by atoms with Crippen LogP contribution in [0.15, 0.2) is 36.5 Å². The van der Waals surface area contributed by atoms with Gasteiger partial charge in [0, 0.05) is 13.0 Å². The SMILES string of the molecule is CCCCCCCCC=CCC=CCC=CCCCC(=O)C(O)CN. The summed E-state index contributed by atoms with van der Waals surface area (Å²) in [5.74, 6) is -0.149. The zero-order valence-electron chi connectivity index (χ0n) is 16.2. The van der Waals surface area contributed by atoms with Crippen molar-refractivity contribution in [1.82, 2.24) is 0 Å². The first-order valence-corrected chi connectivity index (χ1v) is 10.1. The average molecular weight is 350 g/mol. The molecule has 1 unspecified atom stereocenters. The summed E-state index contributed by atoms with van der Waals surface area (Å²) in [7, 11) is 0. The van der Waals surface area contributed by atoms with Gasteiger partial charge in [-0.25, -0.2) is 0 Å². The molecule has 0 aromatic carbocycles. The highest BCUT2D eigenvalue weighted by Crippen LogP contribution is 2.07. The molecule has 0 aromatic heterocycles. The molecule has 0 aromatic rings. The van der Waals surface area contributed by atoms with Crippen molar-refractivity contribution in [2.75, 3.05) is 6.54 Å². The molecule has 0 radical (unpaired) electrons. The van der Waals surface area contributed by atoms with Crippen molar-refractivity contribution in [1.29, 1.82) is 0 Å². The third-order valence-corrected chi connectivity index (χ3v) is 4.16. The lowest BCUT2D eigenvalue weighted by molar-refractivity contribution is -0.126. The Morgan fingerprint density at radius 1 is 0.840 bits per heavy atom. The summed E-state index contributed by atoms with van der Waals surface area (Å²) < 4.78 is 0. The first-order valence-electron chi connectivity index (χ1n) is 10.1. The fourth-order valence-electron chi connectivity index (χ4n) is 2.51. The van der Waals surface area contributed by atoms with E-state index in [0.717, 1.165) is 25.7 Å². The monoisotopic (exact) mass is 349 g/mol. The molecule has 0 fully saturated rings. The van der Waals surface area contributed by atoms with Crippen LogP contribution in [0.5, 0.6) is 0 Å². The summed E-state index contributed by atoms with van der Waals surface area (Å²) in [6.07, 6.45) is 25.5. The van der Waals surface area contributed by atoms with Crippen molar-refractivity contribution < 1.29 is 9.90 Å². The molecule has 1 atom stereocenters. The second-order valence-corrected chi connectivity index (χ2v) is 6.55. The molecule has 0 amide bonds. The molecule has 3 heteroatoms. The van der Waals surface area contributed by atoms with Crippen LogP contribution in [-0.2, 0) is 4.79 Å². The summed E-state index contributed by atoms with van der Waals surface area (Å²) in [5.41, 5.74) is 5.24. The van der Waals surface area contributed by atoms with Gasteiger partial charge in [0.15, 0.2) is 5.78 Å². The maximum absolute atomic E-state index is 11.4. The molecular weight excluding hydrogens is 310 g/mol. The van der Waals surface area contributed by atoms with E-state index in [-0.39, 0.29) is 12.3 Å². The second kappa shape index (κ2) is 19.1. The van der Waals surface area contributed by atoms with E-state index in [0.29, 0.717) is 6.42 Å². The Bertz CT molecular complexity index is 385. The Morgan fingerprint density at radius 3 is 1.96 bits per heavy atom. The molecule has 0 rings (SSSR count). The topological polar surface area (TPSA) is 63.3 Å². The summed E-state index contributed by atoms with van der Waals surface area (Å²) in [6.45, 7) is 2.28. The van der Waals surface area contributed by atoms with E-state index in [1.54, 1.807) is 0 Å². The first-order chi connectivity index (χ1) is 12.2. The molecule has 0 saturated carbocycles. The van der Waals surface area contributed by atoms with E-state index in [1.165, 1.54) is 44.9 Å². The Labute approximate surface area is 155 Å². The lowest BCUT2D eigenvalue weighted by Gasteiger charge is -2.04. The number of allylic oxidation sites excluding steroid dienone is 6. The van der Waals surface area contributed by atoms with Gasteiger partial charge in [-0.05, 0) is 38.5 Å². The van der Waals surface area contributed by atoms with Crippen LogP contribution < -0.4 is 5.73 Å². The van der Waals surface area contributed by atoms with E-state index >= 15 is 0 Å². The van der Waals surface area contributed by atoms with E-state index in [1.807, 2.05) is 0 Å². The number of hydrogen-bond acceptors (Lipinski definition) is 3. The molecular formula is C22H39NO2. The van der Waals surface area contributed by atoms with Gasteiger partial charge in [-0.3, -0.25) is 4.79 Å². The molecule has 144 valence electrons. The van der Waals surface area contributed by atoms with Crippen LogP contribution >= 0.6 is 0 Å². The maximum atomic E-state index is 11.4. The number of carbonyl (C=O) groups is 1. The lowest BCUT2D eigenvalue weighted by Crippen LogP contribution is -2.28. The van der Waals surface area contributed by atoms with Gasteiger partial charge in [0.1, 0.15) is 6.10 Å². The quantitative estimate of drug-likeness (QED) is 0.279. The van der Waals surface area contributed by atoms with Crippen LogP contribution in [0.4, 0.5) is 0 Å². The number of carbonyl (C=O) groups excluding carboxylic acids is 1. The van der Waals surface area contributed by atoms with Gasteiger partial charge in [-0.1, -0.05) is 75.5 Å².